The molecule has 0 aromatic heterocycles. The maximum absolute atomic E-state index is 10.4. The minimum Gasteiger partial charge on any atom is -0.493 e. The fraction of sp³-hybridized carbons (Fsp3) is 0.333. The zero-order chi connectivity index (χ0) is 11.4. The molecule has 0 saturated carbocycles. The van der Waals surface area contributed by atoms with Crippen LogP contribution in [0.25, 0.3) is 0 Å². The van der Waals surface area contributed by atoms with E-state index in [1.165, 1.54) is 14.2 Å². The van der Waals surface area contributed by atoms with E-state index in [4.69, 9.17) is 9.47 Å². The first kappa shape index (κ1) is 11.8. The Hall–Kier alpha value is -1.30. The number of nitrogens with zero attached hydrogens (tertiary/aromatic N) is 1. The Kier molecular flexibility index (Phi) is 3.90. The van der Waals surface area contributed by atoms with Crippen molar-refractivity contribution in [3.8, 4) is 11.5 Å². The van der Waals surface area contributed by atoms with Crippen LogP contribution in [0.5, 0.6) is 11.5 Å². The monoisotopic (exact) mass is 275 g/mol. The SMILES string of the molecule is COc1cc(C[N+](=O)[O-])cc(Br)c1OC. The maximum atomic E-state index is 10.4. The average molecular weight is 276 g/mol. The average Bonchev–Trinajstić information content (AvgIpc) is 2.15. The Morgan fingerprint density at radius 2 is 2.07 bits per heavy atom. The van der Waals surface area contributed by atoms with Crippen molar-refractivity contribution >= 4 is 15.9 Å². The lowest BCUT2D eigenvalue weighted by atomic mass is 10.2. The van der Waals surface area contributed by atoms with Crippen LogP contribution >= 0.6 is 15.9 Å². The highest BCUT2D eigenvalue weighted by Gasteiger charge is 2.12. The number of nitro groups is 1. The van der Waals surface area contributed by atoms with Gasteiger partial charge in [0.05, 0.1) is 18.7 Å². The van der Waals surface area contributed by atoms with Crippen molar-refractivity contribution < 1.29 is 14.4 Å². The predicted octanol–water partition coefficient (Wildman–Crippen LogP) is 2.24. The Morgan fingerprint density at radius 3 is 2.53 bits per heavy atom. The van der Waals surface area contributed by atoms with Crippen LogP contribution in [0.2, 0.25) is 0 Å². The van der Waals surface area contributed by atoms with Crippen molar-refractivity contribution in [2.24, 2.45) is 0 Å². The Balaban J connectivity index is 3.13. The second-order valence-corrected chi connectivity index (χ2v) is 3.66. The smallest absolute Gasteiger partial charge is 0.229 e. The fourth-order valence-electron chi connectivity index (χ4n) is 1.21. The summed E-state index contributed by atoms with van der Waals surface area (Å²) in [7, 11) is 3.00. The van der Waals surface area contributed by atoms with Gasteiger partial charge in [0.25, 0.3) is 0 Å². The van der Waals surface area contributed by atoms with Crippen LogP contribution in [0.15, 0.2) is 16.6 Å². The predicted molar refractivity (Wildman–Crippen MR) is 57.9 cm³/mol. The van der Waals surface area contributed by atoms with Gasteiger partial charge in [-0.1, -0.05) is 0 Å². The molecule has 0 atom stereocenters. The molecule has 82 valence electrons. The van der Waals surface area contributed by atoms with Crippen molar-refractivity contribution in [3.63, 3.8) is 0 Å². The molecule has 0 aliphatic heterocycles. The van der Waals surface area contributed by atoms with E-state index in [0.717, 1.165) is 0 Å². The van der Waals surface area contributed by atoms with Crippen molar-refractivity contribution in [2.45, 2.75) is 6.54 Å². The second-order valence-electron chi connectivity index (χ2n) is 2.80. The van der Waals surface area contributed by atoms with Gasteiger partial charge in [0, 0.05) is 10.5 Å². The maximum Gasteiger partial charge on any atom is 0.229 e. The molecule has 0 heterocycles. The molecule has 0 unspecified atom stereocenters. The molecule has 1 aromatic carbocycles. The largest absolute Gasteiger partial charge is 0.493 e. The van der Waals surface area contributed by atoms with Gasteiger partial charge < -0.3 is 9.47 Å². The number of rotatable bonds is 4. The number of methoxy groups -OCH3 is 2. The molecule has 0 aliphatic rings. The van der Waals surface area contributed by atoms with Gasteiger partial charge in [-0.2, -0.15) is 0 Å². The third kappa shape index (κ3) is 2.82. The minimum absolute atomic E-state index is 0.237. The third-order valence-corrected chi connectivity index (χ3v) is 2.39. The molecule has 1 rings (SSSR count). The van der Waals surface area contributed by atoms with Crippen LogP contribution in [-0.2, 0) is 6.54 Å². The molecule has 0 fully saturated rings. The normalized spacial score (nSPS) is 9.80. The van der Waals surface area contributed by atoms with Gasteiger partial charge in [-0.3, -0.25) is 10.1 Å². The summed E-state index contributed by atoms with van der Waals surface area (Å²) in [4.78, 5) is 9.96. The highest BCUT2D eigenvalue weighted by Crippen LogP contribution is 2.36. The first-order valence-electron chi connectivity index (χ1n) is 4.10. The lowest BCUT2D eigenvalue weighted by Crippen LogP contribution is -2.00. The van der Waals surface area contributed by atoms with Crippen LogP contribution < -0.4 is 9.47 Å². The lowest BCUT2D eigenvalue weighted by Gasteiger charge is -2.10. The summed E-state index contributed by atoms with van der Waals surface area (Å²) < 4.78 is 10.8. The van der Waals surface area contributed by atoms with Gasteiger partial charge >= 0.3 is 0 Å². The first-order valence-corrected chi connectivity index (χ1v) is 4.90. The van der Waals surface area contributed by atoms with Gasteiger partial charge in [-0.25, -0.2) is 0 Å². The van der Waals surface area contributed by atoms with Gasteiger partial charge in [-0.15, -0.1) is 0 Å². The van der Waals surface area contributed by atoms with Crippen molar-refractivity contribution in [2.75, 3.05) is 14.2 Å². The topological polar surface area (TPSA) is 61.6 Å². The number of benzene rings is 1. The van der Waals surface area contributed by atoms with Crippen LogP contribution in [-0.4, -0.2) is 19.1 Å². The van der Waals surface area contributed by atoms with E-state index in [2.05, 4.69) is 15.9 Å². The second kappa shape index (κ2) is 4.97. The minimum atomic E-state index is -0.395. The van der Waals surface area contributed by atoms with E-state index in [0.29, 0.717) is 21.5 Å². The highest BCUT2D eigenvalue weighted by molar-refractivity contribution is 9.10. The number of ether oxygens (including phenoxy) is 2. The summed E-state index contributed by atoms with van der Waals surface area (Å²) in [5.41, 5.74) is 0.560. The van der Waals surface area contributed by atoms with Gasteiger partial charge in [0.1, 0.15) is 0 Å². The molecule has 0 saturated heterocycles. The molecule has 15 heavy (non-hydrogen) atoms. The van der Waals surface area contributed by atoms with Gasteiger partial charge in [0.2, 0.25) is 6.54 Å². The Labute approximate surface area is 95.3 Å². The van der Waals surface area contributed by atoms with Crippen molar-refractivity contribution in [1.82, 2.24) is 0 Å². The van der Waals surface area contributed by atoms with E-state index >= 15 is 0 Å². The van der Waals surface area contributed by atoms with E-state index in [-0.39, 0.29) is 6.54 Å². The summed E-state index contributed by atoms with van der Waals surface area (Å²) in [5.74, 6) is 1.01. The quantitative estimate of drug-likeness (QED) is 0.625. The fourth-order valence-corrected chi connectivity index (χ4v) is 1.86. The molecular formula is C9H10BrNO4. The number of halogens is 1. The Bertz CT molecular complexity index is 381. The summed E-state index contributed by atoms with van der Waals surface area (Å²) in [6, 6.07) is 3.23. The zero-order valence-corrected chi connectivity index (χ0v) is 9.91. The first-order chi connectivity index (χ1) is 7.08. The molecule has 0 N–H and O–H groups in total. The van der Waals surface area contributed by atoms with Crippen molar-refractivity contribution in [3.05, 3.63) is 32.3 Å². The summed E-state index contributed by atoms with van der Waals surface area (Å²) in [5, 5.41) is 10.4. The number of hydrogen-bond donors (Lipinski definition) is 0. The molecule has 0 amide bonds. The van der Waals surface area contributed by atoms with E-state index in [1.54, 1.807) is 12.1 Å². The molecular weight excluding hydrogens is 266 g/mol. The lowest BCUT2D eigenvalue weighted by molar-refractivity contribution is -0.496. The molecule has 0 aliphatic carbocycles. The van der Waals surface area contributed by atoms with E-state index in [9.17, 15) is 10.1 Å². The Morgan fingerprint density at radius 1 is 1.40 bits per heavy atom. The zero-order valence-electron chi connectivity index (χ0n) is 8.32. The molecule has 1 aromatic rings. The highest BCUT2D eigenvalue weighted by atomic mass is 79.9. The molecule has 5 nitrogen and oxygen atoms in total. The third-order valence-electron chi connectivity index (χ3n) is 1.81. The summed E-state index contributed by atoms with van der Waals surface area (Å²) in [6.07, 6.45) is 0. The van der Waals surface area contributed by atoms with Gasteiger partial charge in [-0.05, 0) is 28.1 Å². The van der Waals surface area contributed by atoms with Crippen LogP contribution in [0.3, 0.4) is 0 Å². The standard InChI is InChI=1S/C9H10BrNO4/c1-14-8-4-6(5-11(12)13)3-7(10)9(8)15-2/h3-4H,5H2,1-2H3. The van der Waals surface area contributed by atoms with Gasteiger partial charge in [0.15, 0.2) is 11.5 Å². The van der Waals surface area contributed by atoms with Crippen molar-refractivity contribution in [1.29, 1.82) is 0 Å². The van der Waals surface area contributed by atoms with Crippen LogP contribution in [0.4, 0.5) is 0 Å². The molecule has 6 heteroatoms. The molecule has 0 radical (unpaired) electrons. The van der Waals surface area contributed by atoms with E-state index < -0.39 is 4.92 Å². The van der Waals surface area contributed by atoms with Crippen LogP contribution in [0.1, 0.15) is 5.56 Å². The summed E-state index contributed by atoms with van der Waals surface area (Å²) in [6.45, 7) is -0.237. The van der Waals surface area contributed by atoms with Crippen LogP contribution in [0, 0.1) is 10.1 Å². The molecule has 0 bridgehead atoms. The van der Waals surface area contributed by atoms with E-state index in [1.807, 2.05) is 0 Å². The summed E-state index contributed by atoms with van der Waals surface area (Å²) >= 11 is 3.26. The molecule has 0 spiro atoms. The number of hydrogen-bond acceptors (Lipinski definition) is 4.